The third-order valence-corrected chi connectivity index (χ3v) is 4.58. The number of aromatic nitrogens is 2. The van der Waals surface area contributed by atoms with E-state index in [1.807, 2.05) is 32.2 Å². The van der Waals surface area contributed by atoms with Crippen molar-refractivity contribution in [2.75, 3.05) is 19.8 Å². The number of rotatable bonds is 7. The van der Waals surface area contributed by atoms with E-state index < -0.39 is 0 Å². The van der Waals surface area contributed by atoms with Gasteiger partial charge < -0.3 is 9.47 Å². The van der Waals surface area contributed by atoms with Crippen LogP contribution in [0.4, 0.5) is 0 Å². The molecule has 0 N–H and O–H groups in total. The summed E-state index contributed by atoms with van der Waals surface area (Å²) in [5.74, 6) is 3.15. The van der Waals surface area contributed by atoms with Crippen LogP contribution in [0.15, 0.2) is 24.4 Å². The van der Waals surface area contributed by atoms with Crippen LogP contribution >= 0.6 is 0 Å². The summed E-state index contributed by atoms with van der Waals surface area (Å²) in [5, 5.41) is 0. The number of ether oxygens (including phenoxy) is 2. The van der Waals surface area contributed by atoms with Crippen LogP contribution in [-0.2, 0) is 19.5 Å². The summed E-state index contributed by atoms with van der Waals surface area (Å²) >= 11 is 0. The Balaban J connectivity index is 1.76. The van der Waals surface area contributed by atoms with Crippen LogP contribution in [0.2, 0.25) is 0 Å². The van der Waals surface area contributed by atoms with Crippen LogP contribution in [0.25, 0.3) is 0 Å². The third-order valence-electron chi connectivity index (χ3n) is 4.58. The van der Waals surface area contributed by atoms with E-state index in [1.165, 1.54) is 16.8 Å². The van der Waals surface area contributed by atoms with E-state index in [2.05, 4.69) is 29.8 Å². The van der Waals surface area contributed by atoms with Gasteiger partial charge in [-0.3, -0.25) is 4.90 Å². The molecule has 0 radical (unpaired) electrons. The quantitative estimate of drug-likeness (QED) is 0.752. The number of nitrogens with zero attached hydrogens (tertiary/aromatic N) is 3. The second-order valence-electron chi connectivity index (χ2n) is 6.95. The largest absolute Gasteiger partial charge is 0.494 e. The van der Waals surface area contributed by atoms with Gasteiger partial charge in [0, 0.05) is 55.0 Å². The average molecular weight is 355 g/mol. The maximum Gasteiger partial charge on any atom is 0.131 e. The van der Waals surface area contributed by atoms with Crippen molar-refractivity contribution >= 4 is 0 Å². The highest BCUT2D eigenvalue weighted by Crippen LogP contribution is 2.28. The molecule has 0 aliphatic carbocycles. The van der Waals surface area contributed by atoms with Crippen LogP contribution < -0.4 is 9.47 Å². The molecule has 140 valence electrons. The molecule has 1 aliphatic rings. The number of benzene rings is 1. The van der Waals surface area contributed by atoms with E-state index in [0.29, 0.717) is 19.1 Å². The molecule has 0 saturated carbocycles. The number of fused-ring (bicyclic) bond motifs is 1. The molecule has 0 saturated heterocycles. The summed E-state index contributed by atoms with van der Waals surface area (Å²) in [7, 11) is 0. The van der Waals surface area contributed by atoms with Gasteiger partial charge in [0.2, 0.25) is 0 Å². The normalized spacial score (nSPS) is 14.3. The van der Waals surface area contributed by atoms with Crippen molar-refractivity contribution in [2.45, 2.75) is 53.1 Å². The van der Waals surface area contributed by atoms with Gasteiger partial charge in [-0.1, -0.05) is 13.8 Å². The maximum absolute atomic E-state index is 5.82. The highest BCUT2D eigenvalue weighted by atomic mass is 16.5. The zero-order valence-corrected chi connectivity index (χ0v) is 16.3. The fraction of sp³-hybridized carbons (Fsp3) is 0.524. The zero-order chi connectivity index (χ0) is 18.5. The Hall–Kier alpha value is -2.14. The Morgan fingerprint density at radius 3 is 2.69 bits per heavy atom. The fourth-order valence-electron chi connectivity index (χ4n) is 3.28. The summed E-state index contributed by atoms with van der Waals surface area (Å²) in [4.78, 5) is 11.7. The Morgan fingerprint density at radius 2 is 1.96 bits per heavy atom. The lowest BCUT2D eigenvalue weighted by molar-refractivity contribution is 0.235. The minimum atomic E-state index is 0.369. The molecule has 0 amide bonds. The Bertz CT molecular complexity index is 746. The Morgan fingerprint density at radius 1 is 1.15 bits per heavy atom. The molecule has 0 unspecified atom stereocenters. The summed E-state index contributed by atoms with van der Waals surface area (Å²) in [5.41, 5.74) is 3.61. The van der Waals surface area contributed by atoms with Crippen molar-refractivity contribution < 1.29 is 9.47 Å². The van der Waals surface area contributed by atoms with Crippen LogP contribution in [0, 0.1) is 0 Å². The van der Waals surface area contributed by atoms with Crippen molar-refractivity contribution in [2.24, 2.45) is 0 Å². The van der Waals surface area contributed by atoms with Gasteiger partial charge in [-0.2, -0.15) is 0 Å². The molecule has 1 aromatic carbocycles. The topological polar surface area (TPSA) is 47.5 Å². The van der Waals surface area contributed by atoms with Gasteiger partial charge in [0.25, 0.3) is 0 Å². The molecule has 5 heteroatoms. The fourth-order valence-corrected chi connectivity index (χ4v) is 3.28. The van der Waals surface area contributed by atoms with Gasteiger partial charge in [-0.05, 0) is 32.0 Å². The molecule has 1 aromatic heterocycles. The number of hydrogen-bond donors (Lipinski definition) is 0. The molecule has 2 aromatic rings. The highest BCUT2D eigenvalue weighted by molar-refractivity contribution is 5.40. The monoisotopic (exact) mass is 355 g/mol. The second-order valence-corrected chi connectivity index (χ2v) is 6.95. The van der Waals surface area contributed by atoms with Gasteiger partial charge >= 0.3 is 0 Å². The van der Waals surface area contributed by atoms with Gasteiger partial charge in [0.1, 0.15) is 17.3 Å². The van der Waals surface area contributed by atoms with Gasteiger partial charge in [-0.25, -0.2) is 9.97 Å². The van der Waals surface area contributed by atoms with Crippen molar-refractivity contribution in [3.63, 3.8) is 0 Å². The molecule has 0 bridgehead atoms. The van der Waals surface area contributed by atoms with E-state index in [-0.39, 0.29) is 0 Å². The molecule has 0 fully saturated rings. The summed E-state index contributed by atoms with van der Waals surface area (Å²) in [6, 6.07) is 6.09. The van der Waals surface area contributed by atoms with E-state index in [0.717, 1.165) is 43.4 Å². The van der Waals surface area contributed by atoms with E-state index in [4.69, 9.17) is 14.5 Å². The predicted octanol–water partition coefficient (Wildman–Crippen LogP) is 3.96. The number of hydrogen-bond acceptors (Lipinski definition) is 5. The molecule has 3 rings (SSSR count). The SMILES string of the molecule is CCOc1ccc(OCC)c(CN2CCc3nc(C(C)C)ncc3C2)c1. The zero-order valence-electron chi connectivity index (χ0n) is 16.3. The molecular formula is C21H29N3O2. The highest BCUT2D eigenvalue weighted by Gasteiger charge is 2.20. The molecule has 26 heavy (non-hydrogen) atoms. The van der Waals surface area contributed by atoms with Crippen LogP contribution in [-0.4, -0.2) is 34.6 Å². The van der Waals surface area contributed by atoms with Crippen LogP contribution in [0.5, 0.6) is 11.5 Å². The Kier molecular flexibility index (Phi) is 6.09. The maximum atomic E-state index is 5.82. The summed E-state index contributed by atoms with van der Waals surface area (Å²) in [6.45, 7) is 12.3. The summed E-state index contributed by atoms with van der Waals surface area (Å²) in [6.07, 6.45) is 2.97. The van der Waals surface area contributed by atoms with Crippen molar-refractivity contribution in [3.05, 3.63) is 47.0 Å². The second kappa shape index (κ2) is 8.49. The van der Waals surface area contributed by atoms with E-state index in [1.54, 1.807) is 0 Å². The van der Waals surface area contributed by atoms with Crippen molar-refractivity contribution in [1.82, 2.24) is 14.9 Å². The smallest absolute Gasteiger partial charge is 0.131 e. The summed E-state index contributed by atoms with van der Waals surface area (Å²) < 4.78 is 11.5. The third kappa shape index (κ3) is 4.33. The lowest BCUT2D eigenvalue weighted by Crippen LogP contribution is -2.31. The molecule has 1 aliphatic heterocycles. The molecular weight excluding hydrogens is 326 g/mol. The minimum Gasteiger partial charge on any atom is -0.494 e. The Labute approximate surface area is 156 Å². The first-order valence-corrected chi connectivity index (χ1v) is 9.56. The van der Waals surface area contributed by atoms with E-state index >= 15 is 0 Å². The predicted molar refractivity (Wildman–Crippen MR) is 103 cm³/mol. The van der Waals surface area contributed by atoms with Gasteiger partial charge in [0.15, 0.2) is 0 Å². The lowest BCUT2D eigenvalue weighted by Gasteiger charge is -2.29. The standard InChI is InChI=1S/C21H29N3O2/c1-5-25-18-7-8-20(26-6-2)16(11-18)13-24-10-9-19-17(14-24)12-22-21(23-19)15(3)4/h7-8,11-12,15H,5-6,9-10,13-14H2,1-4H3. The first-order chi connectivity index (χ1) is 12.6. The van der Waals surface area contributed by atoms with Crippen LogP contribution in [0.1, 0.15) is 56.3 Å². The van der Waals surface area contributed by atoms with Gasteiger partial charge in [0.05, 0.1) is 13.2 Å². The minimum absolute atomic E-state index is 0.369. The van der Waals surface area contributed by atoms with Crippen molar-refractivity contribution in [1.29, 1.82) is 0 Å². The van der Waals surface area contributed by atoms with E-state index in [9.17, 15) is 0 Å². The molecule has 0 atom stereocenters. The van der Waals surface area contributed by atoms with Crippen LogP contribution in [0.3, 0.4) is 0 Å². The average Bonchev–Trinajstić information content (AvgIpc) is 2.63. The first kappa shape index (κ1) is 18.6. The lowest BCUT2D eigenvalue weighted by atomic mass is 10.0. The molecule has 5 nitrogen and oxygen atoms in total. The van der Waals surface area contributed by atoms with Crippen molar-refractivity contribution in [3.8, 4) is 11.5 Å². The molecule has 2 heterocycles. The molecule has 0 spiro atoms. The first-order valence-electron chi connectivity index (χ1n) is 9.56. The van der Waals surface area contributed by atoms with Gasteiger partial charge in [-0.15, -0.1) is 0 Å².